The highest BCUT2D eigenvalue weighted by Crippen LogP contribution is 2.09. The van der Waals surface area contributed by atoms with E-state index in [-0.39, 0.29) is 5.95 Å². The molecule has 0 bridgehead atoms. The van der Waals surface area contributed by atoms with E-state index in [1.54, 1.807) is 0 Å². The zero-order valence-electron chi connectivity index (χ0n) is 8.80. The topological polar surface area (TPSA) is 109 Å². The van der Waals surface area contributed by atoms with Crippen LogP contribution in [0.2, 0.25) is 0 Å². The van der Waals surface area contributed by atoms with Crippen molar-refractivity contribution in [2.75, 3.05) is 17.3 Å². The first kappa shape index (κ1) is 10.3. The van der Waals surface area contributed by atoms with E-state index in [1.807, 2.05) is 24.3 Å². The van der Waals surface area contributed by atoms with Gasteiger partial charge in [-0.25, -0.2) is 4.68 Å². The summed E-state index contributed by atoms with van der Waals surface area (Å²) in [4.78, 5) is 0. The fourth-order valence-electron chi connectivity index (χ4n) is 1.51. The number of nitrogens with zero attached hydrogens (tertiary/aromatic N) is 3. The van der Waals surface area contributed by atoms with Gasteiger partial charge in [0.15, 0.2) is 5.82 Å². The third kappa shape index (κ3) is 2.05. The highest BCUT2D eigenvalue weighted by molar-refractivity contribution is 5.40. The highest BCUT2D eigenvalue weighted by atomic mass is 15.4. The Hall–Kier alpha value is -2.24. The summed E-state index contributed by atoms with van der Waals surface area (Å²) >= 11 is 0. The third-order valence-electron chi connectivity index (χ3n) is 2.38. The summed E-state index contributed by atoms with van der Waals surface area (Å²) < 4.78 is 1.30. The fourth-order valence-corrected chi connectivity index (χ4v) is 1.51. The lowest BCUT2D eigenvalue weighted by molar-refractivity contribution is 0.805. The molecule has 1 aromatic heterocycles. The van der Waals surface area contributed by atoms with Crippen LogP contribution in [0, 0.1) is 0 Å². The number of hydrogen-bond acceptors (Lipinski definition) is 5. The van der Waals surface area contributed by atoms with Gasteiger partial charge in [-0.3, -0.25) is 0 Å². The van der Waals surface area contributed by atoms with Crippen molar-refractivity contribution in [3.8, 4) is 0 Å². The first-order valence-corrected chi connectivity index (χ1v) is 4.96. The Kier molecular flexibility index (Phi) is 2.63. The molecule has 16 heavy (non-hydrogen) atoms. The molecule has 0 saturated carbocycles. The molecular formula is C10H14N6. The van der Waals surface area contributed by atoms with Crippen LogP contribution in [0.15, 0.2) is 24.3 Å². The van der Waals surface area contributed by atoms with Gasteiger partial charge in [-0.15, -0.1) is 10.2 Å². The number of hydrogen-bond donors (Lipinski definition) is 3. The molecule has 6 N–H and O–H groups in total. The summed E-state index contributed by atoms with van der Waals surface area (Å²) in [5.74, 6) is 6.53. The average molecular weight is 218 g/mol. The van der Waals surface area contributed by atoms with Gasteiger partial charge in [-0.1, -0.05) is 12.1 Å². The van der Waals surface area contributed by atoms with Crippen molar-refractivity contribution >= 4 is 11.6 Å². The van der Waals surface area contributed by atoms with Crippen LogP contribution in [0.4, 0.5) is 11.6 Å². The lowest BCUT2D eigenvalue weighted by Crippen LogP contribution is -2.16. The standard InChI is InChI=1S/C10H14N6/c11-8-3-1-2-7(6-8)4-5-9-14-15-10(12)16(9)13/h1-3,6H,4-5,11,13H2,(H2,12,15). The minimum atomic E-state index is 0.225. The lowest BCUT2D eigenvalue weighted by Gasteiger charge is -2.02. The maximum Gasteiger partial charge on any atom is 0.240 e. The molecule has 0 fully saturated rings. The summed E-state index contributed by atoms with van der Waals surface area (Å²) in [6, 6.07) is 7.72. The zero-order chi connectivity index (χ0) is 11.5. The summed E-state index contributed by atoms with van der Waals surface area (Å²) in [5, 5.41) is 7.57. The molecular weight excluding hydrogens is 204 g/mol. The summed E-state index contributed by atoms with van der Waals surface area (Å²) in [5.41, 5.74) is 13.1. The van der Waals surface area contributed by atoms with Crippen molar-refractivity contribution in [3.63, 3.8) is 0 Å². The second kappa shape index (κ2) is 4.09. The predicted molar refractivity (Wildman–Crippen MR) is 62.8 cm³/mol. The van der Waals surface area contributed by atoms with Gasteiger partial charge in [0.2, 0.25) is 5.95 Å². The Labute approximate surface area is 93.0 Å². The Bertz CT molecular complexity index is 490. The van der Waals surface area contributed by atoms with E-state index in [9.17, 15) is 0 Å². The molecule has 0 unspecified atom stereocenters. The quantitative estimate of drug-likeness (QED) is 0.494. The van der Waals surface area contributed by atoms with Crippen LogP contribution >= 0.6 is 0 Å². The third-order valence-corrected chi connectivity index (χ3v) is 2.38. The van der Waals surface area contributed by atoms with Gasteiger partial charge in [0.05, 0.1) is 0 Å². The van der Waals surface area contributed by atoms with Crippen molar-refractivity contribution in [2.24, 2.45) is 0 Å². The molecule has 0 spiro atoms. The SMILES string of the molecule is Nc1cccc(CCc2nnc(N)n2N)c1. The number of benzene rings is 1. The van der Waals surface area contributed by atoms with Crippen molar-refractivity contribution in [3.05, 3.63) is 35.7 Å². The van der Waals surface area contributed by atoms with Gasteiger partial charge in [-0.05, 0) is 24.1 Å². The summed E-state index contributed by atoms with van der Waals surface area (Å²) in [7, 11) is 0. The Balaban J connectivity index is 2.05. The number of nitrogen functional groups attached to an aromatic ring is 3. The highest BCUT2D eigenvalue weighted by Gasteiger charge is 2.06. The minimum Gasteiger partial charge on any atom is -0.399 e. The molecule has 1 aromatic carbocycles. The monoisotopic (exact) mass is 218 g/mol. The Morgan fingerprint density at radius 2 is 1.94 bits per heavy atom. The largest absolute Gasteiger partial charge is 0.399 e. The lowest BCUT2D eigenvalue weighted by atomic mass is 10.1. The van der Waals surface area contributed by atoms with Crippen LogP contribution in [0.1, 0.15) is 11.4 Å². The van der Waals surface area contributed by atoms with Gasteiger partial charge in [-0.2, -0.15) is 0 Å². The van der Waals surface area contributed by atoms with Crippen LogP contribution in [-0.4, -0.2) is 14.9 Å². The minimum absolute atomic E-state index is 0.225. The van der Waals surface area contributed by atoms with Gasteiger partial charge in [0.25, 0.3) is 0 Å². The number of nitrogens with two attached hydrogens (primary N) is 3. The molecule has 0 aliphatic rings. The zero-order valence-corrected chi connectivity index (χ0v) is 8.80. The fraction of sp³-hybridized carbons (Fsp3) is 0.200. The van der Waals surface area contributed by atoms with Crippen molar-refractivity contribution in [1.82, 2.24) is 14.9 Å². The van der Waals surface area contributed by atoms with Crippen LogP contribution in [0.5, 0.6) is 0 Å². The van der Waals surface area contributed by atoms with Crippen LogP contribution in [0.25, 0.3) is 0 Å². The first-order valence-electron chi connectivity index (χ1n) is 4.96. The van der Waals surface area contributed by atoms with E-state index in [2.05, 4.69) is 10.2 Å². The molecule has 6 nitrogen and oxygen atoms in total. The normalized spacial score (nSPS) is 10.5. The van der Waals surface area contributed by atoms with Crippen molar-refractivity contribution < 1.29 is 0 Å². The Morgan fingerprint density at radius 1 is 1.12 bits per heavy atom. The second-order valence-electron chi connectivity index (χ2n) is 3.59. The molecule has 1 heterocycles. The number of aryl methyl sites for hydroxylation is 2. The van der Waals surface area contributed by atoms with E-state index >= 15 is 0 Å². The number of anilines is 2. The van der Waals surface area contributed by atoms with Crippen LogP contribution in [-0.2, 0) is 12.8 Å². The van der Waals surface area contributed by atoms with Gasteiger partial charge < -0.3 is 17.3 Å². The van der Waals surface area contributed by atoms with E-state index in [0.717, 1.165) is 17.7 Å². The number of rotatable bonds is 3. The molecule has 0 aliphatic heterocycles. The van der Waals surface area contributed by atoms with Crippen molar-refractivity contribution in [1.29, 1.82) is 0 Å². The van der Waals surface area contributed by atoms with Gasteiger partial charge >= 0.3 is 0 Å². The molecule has 0 aliphatic carbocycles. The van der Waals surface area contributed by atoms with Crippen LogP contribution in [0.3, 0.4) is 0 Å². The van der Waals surface area contributed by atoms with E-state index in [4.69, 9.17) is 17.3 Å². The summed E-state index contributed by atoms with van der Waals surface area (Å²) in [6.07, 6.45) is 1.49. The smallest absolute Gasteiger partial charge is 0.240 e. The molecule has 0 radical (unpaired) electrons. The molecule has 0 atom stereocenters. The Morgan fingerprint density at radius 3 is 2.56 bits per heavy atom. The van der Waals surface area contributed by atoms with Gasteiger partial charge in [0.1, 0.15) is 0 Å². The maximum absolute atomic E-state index is 5.68. The molecule has 2 aromatic rings. The van der Waals surface area contributed by atoms with E-state index in [1.165, 1.54) is 4.68 Å². The average Bonchev–Trinajstić information content (AvgIpc) is 2.57. The first-order chi connectivity index (χ1) is 7.66. The molecule has 0 saturated heterocycles. The molecule has 84 valence electrons. The molecule has 2 rings (SSSR count). The van der Waals surface area contributed by atoms with E-state index < -0.39 is 0 Å². The second-order valence-corrected chi connectivity index (χ2v) is 3.59. The van der Waals surface area contributed by atoms with E-state index in [0.29, 0.717) is 12.2 Å². The molecule has 6 heteroatoms. The molecule has 0 amide bonds. The summed E-state index contributed by atoms with van der Waals surface area (Å²) in [6.45, 7) is 0. The van der Waals surface area contributed by atoms with Gasteiger partial charge in [0, 0.05) is 12.1 Å². The number of aromatic nitrogens is 3. The maximum atomic E-state index is 5.68. The predicted octanol–water partition coefficient (Wildman–Crippen LogP) is -0.0585. The van der Waals surface area contributed by atoms with Crippen LogP contribution < -0.4 is 17.3 Å². The van der Waals surface area contributed by atoms with Crippen molar-refractivity contribution in [2.45, 2.75) is 12.8 Å².